The van der Waals surface area contributed by atoms with Gasteiger partial charge in [0, 0.05) is 11.8 Å². The van der Waals surface area contributed by atoms with Gasteiger partial charge in [-0.05, 0) is 41.5 Å². The Balaban J connectivity index is 1.98. The van der Waals surface area contributed by atoms with E-state index in [2.05, 4.69) is 11.1 Å². The van der Waals surface area contributed by atoms with Crippen LogP contribution < -0.4 is 0 Å². The highest BCUT2D eigenvalue weighted by Crippen LogP contribution is 2.25. The summed E-state index contributed by atoms with van der Waals surface area (Å²) in [6, 6.07) is 20.7. The van der Waals surface area contributed by atoms with E-state index in [1.165, 1.54) is 0 Å². The average molecular weight is 275 g/mol. The first kappa shape index (κ1) is 13.1. The molecule has 0 amide bonds. The van der Waals surface area contributed by atoms with Crippen LogP contribution in [0.2, 0.25) is 0 Å². The van der Waals surface area contributed by atoms with Gasteiger partial charge in [-0.2, -0.15) is 0 Å². The fourth-order valence-corrected chi connectivity index (χ4v) is 2.20. The van der Waals surface area contributed by atoms with Gasteiger partial charge < -0.3 is 5.11 Å². The molecule has 3 heteroatoms. The number of aromatic carboxylic acids is 1. The Hall–Kier alpha value is -2.94. The van der Waals surface area contributed by atoms with Crippen molar-refractivity contribution in [1.82, 2.24) is 4.98 Å². The van der Waals surface area contributed by atoms with E-state index in [4.69, 9.17) is 5.11 Å². The number of pyridine rings is 1. The lowest BCUT2D eigenvalue weighted by Crippen LogP contribution is -1.94. The van der Waals surface area contributed by atoms with Crippen molar-refractivity contribution in [2.24, 2.45) is 0 Å². The largest absolute Gasteiger partial charge is 0.478 e. The molecule has 1 heterocycles. The van der Waals surface area contributed by atoms with Gasteiger partial charge in [0.2, 0.25) is 0 Å². The van der Waals surface area contributed by atoms with Crippen molar-refractivity contribution >= 4 is 5.97 Å². The first-order valence-corrected chi connectivity index (χ1v) is 6.59. The molecule has 0 saturated heterocycles. The smallest absolute Gasteiger partial charge is 0.335 e. The minimum atomic E-state index is -0.913. The zero-order valence-corrected chi connectivity index (χ0v) is 11.2. The van der Waals surface area contributed by atoms with Gasteiger partial charge in [0.15, 0.2) is 0 Å². The Morgan fingerprint density at radius 1 is 0.810 bits per heavy atom. The first-order valence-electron chi connectivity index (χ1n) is 6.59. The summed E-state index contributed by atoms with van der Waals surface area (Å²) >= 11 is 0. The summed E-state index contributed by atoms with van der Waals surface area (Å²) in [5.74, 6) is -0.913. The van der Waals surface area contributed by atoms with Crippen LogP contribution >= 0.6 is 0 Å². The number of benzene rings is 2. The topological polar surface area (TPSA) is 50.2 Å². The van der Waals surface area contributed by atoms with Crippen LogP contribution in [0.15, 0.2) is 72.9 Å². The van der Waals surface area contributed by atoms with Crippen molar-refractivity contribution in [2.45, 2.75) is 0 Å². The van der Waals surface area contributed by atoms with Crippen LogP contribution in [0.25, 0.3) is 22.4 Å². The molecule has 0 saturated carbocycles. The van der Waals surface area contributed by atoms with Crippen molar-refractivity contribution in [2.75, 3.05) is 0 Å². The van der Waals surface area contributed by atoms with Crippen LogP contribution in [0.5, 0.6) is 0 Å². The fraction of sp³-hybridized carbons (Fsp3) is 0. The predicted octanol–water partition coefficient (Wildman–Crippen LogP) is 4.11. The molecule has 0 aliphatic heterocycles. The van der Waals surface area contributed by atoms with Crippen molar-refractivity contribution < 1.29 is 9.90 Å². The van der Waals surface area contributed by atoms with Crippen molar-refractivity contribution in [1.29, 1.82) is 0 Å². The Kier molecular flexibility index (Phi) is 3.48. The van der Waals surface area contributed by atoms with Gasteiger partial charge in [-0.3, -0.25) is 4.98 Å². The summed E-state index contributed by atoms with van der Waals surface area (Å²) in [4.78, 5) is 15.2. The second kappa shape index (κ2) is 5.59. The summed E-state index contributed by atoms with van der Waals surface area (Å²) in [6.07, 6.45) is 1.77. The van der Waals surface area contributed by atoms with E-state index in [1.807, 2.05) is 48.5 Å². The highest BCUT2D eigenvalue weighted by Gasteiger charge is 2.05. The molecule has 1 N–H and O–H groups in total. The molecule has 3 aromatic rings. The molecule has 0 radical (unpaired) electrons. The molecule has 0 fully saturated rings. The molecule has 21 heavy (non-hydrogen) atoms. The Bertz CT molecular complexity index is 765. The molecule has 0 bridgehead atoms. The first-order chi connectivity index (χ1) is 10.2. The third-order valence-corrected chi connectivity index (χ3v) is 3.29. The van der Waals surface area contributed by atoms with E-state index in [0.29, 0.717) is 5.56 Å². The number of carboxylic acids is 1. The lowest BCUT2D eigenvalue weighted by Gasteiger charge is -2.06. The minimum Gasteiger partial charge on any atom is -0.478 e. The molecule has 0 spiro atoms. The molecule has 3 nitrogen and oxygen atoms in total. The zero-order valence-electron chi connectivity index (χ0n) is 11.2. The Morgan fingerprint density at radius 2 is 1.57 bits per heavy atom. The van der Waals surface area contributed by atoms with Crippen LogP contribution in [0, 0.1) is 0 Å². The summed E-state index contributed by atoms with van der Waals surface area (Å²) in [5, 5.41) is 8.93. The van der Waals surface area contributed by atoms with Crippen molar-refractivity contribution in [3.8, 4) is 22.4 Å². The van der Waals surface area contributed by atoms with E-state index in [0.717, 1.165) is 22.4 Å². The normalized spacial score (nSPS) is 10.3. The third kappa shape index (κ3) is 2.82. The second-order valence-corrected chi connectivity index (χ2v) is 4.68. The van der Waals surface area contributed by atoms with E-state index < -0.39 is 5.97 Å². The maximum Gasteiger partial charge on any atom is 0.335 e. The molecule has 0 atom stereocenters. The van der Waals surface area contributed by atoms with Gasteiger partial charge in [0.05, 0.1) is 11.3 Å². The fourth-order valence-electron chi connectivity index (χ4n) is 2.20. The van der Waals surface area contributed by atoms with Gasteiger partial charge in [-0.25, -0.2) is 4.79 Å². The number of rotatable bonds is 3. The molecule has 1 aromatic heterocycles. The molecular weight excluding hydrogens is 262 g/mol. The Morgan fingerprint density at radius 3 is 2.24 bits per heavy atom. The molecule has 0 aliphatic carbocycles. The SMILES string of the molecule is O=C(O)c1ccc(-c2cccc(-c3ccccn3)c2)cc1. The van der Waals surface area contributed by atoms with Crippen LogP contribution in [0.3, 0.4) is 0 Å². The molecule has 0 unspecified atom stereocenters. The highest BCUT2D eigenvalue weighted by molar-refractivity contribution is 5.88. The highest BCUT2D eigenvalue weighted by atomic mass is 16.4. The quantitative estimate of drug-likeness (QED) is 0.782. The van der Waals surface area contributed by atoms with E-state index in [1.54, 1.807) is 18.3 Å². The van der Waals surface area contributed by atoms with Gasteiger partial charge in [-0.1, -0.05) is 36.4 Å². The lowest BCUT2D eigenvalue weighted by atomic mass is 10.0. The predicted molar refractivity (Wildman–Crippen MR) is 82.1 cm³/mol. The summed E-state index contributed by atoms with van der Waals surface area (Å²) in [6.45, 7) is 0. The number of carbonyl (C=O) groups is 1. The molecule has 0 aliphatic rings. The van der Waals surface area contributed by atoms with Crippen molar-refractivity contribution in [3.05, 3.63) is 78.5 Å². The third-order valence-electron chi connectivity index (χ3n) is 3.29. The van der Waals surface area contributed by atoms with E-state index >= 15 is 0 Å². The van der Waals surface area contributed by atoms with E-state index in [-0.39, 0.29) is 0 Å². The summed E-state index contributed by atoms with van der Waals surface area (Å²) in [7, 11) is 0. The number of aromatic nitrogens is 1. The molecule has 102 valence electrons. The summed E-state index contributed by atoms with van der Waals surface area (Å²) in [5.41, 5.74) is 4.27. The van der Waals surface area contributed by atoms with Gasteiger partial charge in [-0.15, -0.1) is 0 Å². The molecule has 3 rings (SSSR count). The monoisotopic (exact) mass is 275 g/mol. The zero-order chi connectivity index (χ0) is 14.7. The standard InChI is InChI=1S/C18H13NO2/c20-18(21)14-9-7-13(8-10-14)15-4-3-5-16(12-15)17-6-1-2-11-19-17/h1-12H,(H,20,21). The number of carboxylic acid groups (broad SMARTS) is 1. The minimum absolute atomic E-state index is 0.291. The Labute approximate surface area is 122 Å². The van der Waals surface area contributed by atoms with Crippen LogP contribution in [0.1, 0.15) is 10.4 Å². The molecule has 2 aromatic carbocycles. The van der Waals surface area contributed by atoms with Gasteiger partial charge >= 0.3 is 5.97 Å². The average Bonchev–Trinajstić information content (AvgIpc) is 2.56. The van der Waals surface area contributed by atoms with E-state index in [9.17, 15) is 4.79 Å². The maximum atomic E-state index is 10.9. The number of hydrogen-bond donors (Lipinski definition) is 1. The number of hydrogen-bond acceptors (Lipinski definition) is 2. The van der Waals surface area contributed by atoms with Crippen LogP contribution in [-0.2, 0) is 0 Å². The molecular formula is C18H13NO2. The summed E-state index contributed by atoms with van der Waals surface area (Å²) < 4.78 is 0. The van der Waals surface area contributed by atoms with Gasteiger partial charge in [0.25, 0.3) is 0 Å². The van der Waals surface area contributed by atoms with Crippen molar-refractivity contribution in [3.63, 3.8) is 0 Å². The second-order valence-electron chi connectivity index (χ2n) is 4.68. The maximum absolute atomic E-state index is 10.9. The lowest BCUT2D eigenvalue weighted by molar-refractivity contribution is 0.0697. The number of nitrogens with zero attached hydrogens (tertiary/aromatic N) is 1. The van der Waals surface area contributed by atoms with Gasteiger partial charge in [0.1, 0.15) is 0 Å². The van der Waals surface area contributed by atoms with Crippen LogP contribution in [0.4, 0.5) is 0 Å². The van der Waals surface area contributed by atoms with Crippen LogP contribution in [-0.4, -0.2) is 16.1 Å².